The molecule has 0 aliphatic carbocycles. The molecule has 1 atom stereocenters. The van der Waals surface area contributed by atoms with E-state index in [2.05, 4.69) is 21.2 Å². The highest BCUT2D eigenvalue weighted by Crippen LogP contribution is 2.16. The van der Waals surface area contributed by atoms with Gasteiger partial charge in [0.15, 0.2) is 0 Å². The van der Waals surface area contributed by atoms with Crippen molar-refractivity contribution in [1.29, 1.82) is 0 Å². The van der Waals surface area contributed by atoms with E-state index in [0.29, 0.717) is 5.56 Å². The van der Waals surface area contributed by atoms with Crippen LogP contribution < -0.4 is 5.32 Å². The number of likely N-dealkylation sites (N-methyl/N-ethyl adjacent to an activating group) is 1. The number of halogens is 2. The molecule has 0 aromatic heterocycles. The second kappa shape index (κ2) is 5.95. The fourth-order valence-electron chi connectivity index (χ4n) is 1.37. The lowest BCUT2D eigenvalue weighted by Crippen LogP contribution is -2.44. The van der Waals surface area contributed by atoms with Crippen LogP contribution in [0.3, 0.4) is 0 Å². The molecular formula is C12H14BrFN2O2. The Labute approximate surface area is 113 Å². The van der Waals surface area contributed by atoms with Crippen molar-refractivity contribution in [2.24, 2.45) is 0 Å². The SMILES string of the molecule is CC(NC(=O)c1ccc(F)c(Br)c1)C(=O)N(C)C. The standard InChI is InChI=1S/C12H14BrFN2O2/c1-7(12(18)16(2)3)15-11(17)8-4-5-10(14)9(13)6-8/h4-7H,1-3H3,(H,15,17). The Hall–Kier alpha value is -1.43. The first-order chi connectivity index (χ1) is 8.32. The van der Waals surface area contributed by atoms with E-state index in [1.807, 2.05) is 0 Å². The van der Waals surface area contributed by atoms with E-state index in [-0.39, 0.29) is 10.4 Å². The fraction of sp³-hybridized carbons (Fsp3) is 0.333. The number of carbonyl (C=O) groups excluding carboxylic acids is 2. The van der Waals surface area contributed by atoms with Crippen LogP contribution in [0.25, 0.3) is 0 Å². The summed E-state index contributed by atoms with van der Waals surface area (Å²) in [5, 5.41) is 2.55. The maximum absolute atomic E-state index is 13.0. The van der Waals surface area contributed by atoms with Gasteiger partial charge in [0.05, 0.1) is 4.47 Å². The minimum atomic E-state index is -0.628. The average molecular weight is 317 g/mol. The number of nitrogens with one attached hydrogen (secondary N) is 1. The number of nitrogens with zero attached hydrogens (tertiary/aromatic N) is 1. The van der Waals surface area contributed by atoms with Crippen LogP contribution >= 0.6 is 15.9 Å². The number of amides is 2. The quantitative estimate of drug-likeness (QED) is 0.924. The molecular weight excluding hydrogens is 303 g/mol. The summed E-state index contributed by atoms with van der Waals surface area (Å²) in [6.07, 6.45) is 0. The number of hydrogen-bond donors (Lipinski definition) is 1. The lowest BCUT2D eigenvalue weighted by Gasteiger charge is -2.18. The van der Waals surface area contributed by atoms with Gasteiger partial charge in [0, 0.05) is 19.7 Å². The second-order valence-electron chi connectivity index (χ2n) is 4.06. The van der Waals surface area contributed by atoms with Gasteiger partial charge < -0.3 is 10.2 Å². The average Bonchev–Trinajstić information content (AvgIpc) is 2.31. The van der Waals surface area contributed by atoms with E-state index >= 15 is 0 Å². The van der Waals surface area contributed by atoms with Gasteiger partial charge in [-0.05, 0) is 41.1 Å². The van der Waals surface area contributed by atoms with Gasteiger partial charge in [-0.15, -0.1) is 0 Å². The normalized spacial score (nSPS) is 11.8. The van der Waals surface area contributed by atoms with Gasteiger partial charge in [0.25, 0.3) is 5.91 Å². The van der Waals surface area contributed by atoms with Gasteiger partial charge in [0.2, 0.25) is 5.91 Å². The van der Waals surface area contributed by atoms with Gasteiger partial charge in [0.1, 0.15) is 11.9 Å². The van der Waals surface area contributed by atoms with Gasteiger partial charge >= 0.3 is 0 Å². The molecule has 1 unspecified atom stereocenters. The lowest BCUT2D eigenvalue weighted by atomic mass is 10.2. The third-order valence-electron chi connectivity index (χ3n) is 2.34. The molecule has 1 aromatic rings. The summed E-state index contributed by atoms with van der Waals surface area (Å²) >= 11 is 3.00. The Morgan fingerprint density at radius 1 is 1.39 bits per heavy atom. The van der Waals surface area contributed by atoms with Crippen molar-refractivity contribution in [2.45, 2.75) is 13.0 Å². The minimum Gasteiger partial charge on any atom is -0.347 e. The Morgan fingerprint density at radius 3 is 2.50 bits per heavy atom. The van der Waals surface area contributed by atoms with E-state index in [1.165, 1.54) is 23.1 Å². The topological polar surface area (TPSA) is 49.4 Å². The van der Waals surface area contributed by atoms with Gasteiger partial charge in [-0.25, -0.2) is 4.39 Å². The number of carbonyl (C=O) groups is 2. The van der Waals surface area contributed by atoms with E-state index in [0.717, 1.165) is 0 Å². The molecule has 1 aromatic carbocycles. The Morgan fingerprint density at radius 2 is 2.00 bits per heavy atom. The summed E-state index contributed by atoms with van der Waals surface area (Å²) in [6.45, 7) is 1.60. The zero-order valence-electron chi connectivity index (χ0n) is 10.3. The van der Waals surface area contributed by atoms with Crippen molar-refractivity contribution in [1.82, 2.24) is 10.2 Å². The maximum atomic E-state index is 13.0. The van der Waals surface area contributed by atoms with Crippen LogP contribution in [0.2, 0.25) is 0 Å². The van der Waals surface area contributed by atoms with Crippen LogP contribution in [0.1, 0.15) is 17.3 Å². The third kappa shape index (κ3) is 3.53. The molecule has 0 radical (unpaired) electrons. The van der Waals surface area contributed by atoms with Crippen LogP contribution in [0.5, 0.6) is 0 Å². The molecule has 0 spiro atoms. The fourth-order valence-corrected chi connectivity index (χ4v) is 1.75. The number of hydrogen-bond acceptors (Lipinski definition) is 2. The highest BCUT2D eigenvalue weighted by atomic mass is 79.9. The van der Waals surface area contributed by atoms with Crippen molar-refractivity contribution in [3.05, 3.63) is 34.1 Å². The van der Waals surface area contributed by atoms with E-state index in [1.54, 1.807) is 21.0 Å². The molecule has 0 aliphatic heterocycles. The molecule has 98 valence electrons. The van der Waals surface area contributed by atoms with Crippen LogP contribution in [0, 0.1) is 5.82 Å². The Balaban J connectivity index is 2.76. The first-order valence-corrected chi connectivity index (χ1v) is 6.09. The molecule has 6 heteroatoms. The predicted molar refractivity (Wildman–Crippen MR) is 69.7 cm³/mol. The minimum absolute atomic E-state index is 0.204. The molecule has 0 fully saturated rings. The molecule has 4 nitrogen and oxygen atoms in total. The van der Waals surface area contributed by atoms with E-state index in [9.17, 15) is 14.0 Å². The molecule has 0 bridgehead atoms. The maximum Gasteiger partial charge on any atom is 0.251 e. The third-order valence-corrected chi connectivity index (χ3v) is 2.95. The van der Waals surface area contributed by atoms with Crippen LogP contribution in [-0.2, 0) is 4.79 Å². The molecule has 0 saturated carbocycles. The number of rotatable bonds is 3. The highest BCUT2D eigenvalue weighted by Gasteiger charge is 2.18. The summed E-state index contributed by atoms with van der Waals surface area (Å²) in [6, 6.07) is 3.30. The highest BCUT2D eigenvalue weighted by molar-refractivity contribution is 9.10. The van der Waals surface area contributed by atoms with Crippen molar-refractivity contribution < 1.29 is 14.0 Å². The zero-order valence-corrected chi connectivity index (χ0v) is 11.9. The summed E-state index contributed by atoms with van der Waals surface area (Å²) in [5.74, 6) is -1.06. The molecule has 1 rings (SSSR count). The van der Waals surface area contributed by atoms with Crippen LogP contribution in [-0.4, -0.2) is 36.9 Å². The number of benzene rings is 1. The molecule has 18 heavy (non-hydrogen) atoms. The monoisotopic (exact) mass is 316 g/mol. The van der Waals surface area contributed by atoms with Crippen molar-refractivity contribution >= 4 is 27.7 Å². The van der Waals surface area contributed by atoms with Crippen molar-refractivity contribution in [3.8, 4) is 0 Å². The van der Waals surface area contributed by atoms with Gasteiger partial charge in [-0.2, -0.15) is 0 Å². The van der Waals surface area contributed by atoms with Crippen molar-refractivity contribution in [2.75, 3.05) is 14.1 Å². The summed E-state index contributed by atoms with van der Waals surface area (Å²) < 4.78 is 13.2. The molecule has 0 heterocycles. The molecule has 0 saturated heterocycles. The summed E-state index contributed by atoms with van der Waals surface area (Å²) in [5.41, 5.74) is 0.293. The van der Waals surface area contributed by atoms with Crippen LogP contribution in [0.4, 0.5) is 4.39 Å². The van der Waals surface area contributed by atoms with Gasteiger partial charge in [-0.3, -0.25) is 9.59 Å². The zero-order chi connectivity index (χ0) is 13.9. The predicted octanol–water partition coefficient (Wildman–Crippen LogP) is 1.79. The second-order valence-corrected chi connectivity index (χ2v) is 4.91. The molecule has 1 N–H and O–H groups in total. The lowest BCUT2D eigenvalue weighted by molar-refractivity contribution is -0.130. The Bertz CT molecular complexity index is 477. The molecule has 0 aliphatic rings. The first-order valence-electron chi connectivity index (χ1n) is 5.30. The van der Waals surface area contributed by atoms with Crippen LogP contribution in [0.15, 0.2) is 22.7 Å². The molecule has 2 amide bonds. The van der Waals surface area contributed by atoms with Crippen molar-refractivity contribution in [3.63, 3.8) is 0 Å². The summed E-state index contributed by atoms with van der Waals surface area (Å²) in [4.78, 5) is 24.8. The van der Waals surface area contributed by atoms with E-state index in [4.69, 9.17) is 0 Å². The first kappa shape index (κ1) is 14.6. The summed E-state index contributed by atoms with van der Waals surface area (Å²) in [7, 11) is 3.22. The van der Waals surface area contributed by atoms with Gasteiger partial charge in [-0.1, -0.05) is 0 Å². The largest absolute Gasteiger partial charge is 0.347 e. The van der Waals surface area contributed by atoms with E-state index < -0.39 is 17.8 Å². The smallest absolute Gasteiger partial charge is 0.251 e. The Kier molecular flexibility index (Phi) is 4.84.